The smallest absolute Gasteiger partial charge is 0.407 e. The SMILES string of the molecule is CC(C)(C)OC(=O)NC1CCC(NC(=O)c2noc(C3CC3)c2C(=O)Oc2c(F)c(F)c(F)c(F)c2F)CC1. The predicted molar refractivity (Wildman–Crippen MR) is 123 cm³/mol. The van der Waals surface area contributed by atoms with Crippen molar-refractivity contribution in [3.05, 3.63) is 46.1 Å². The minimum absolute atomic E-state index is 0.0840. The lowest BCUT2D eigenvalue weighted by molar-refractivity contribution is 0.0487. The van der Waals surface area contributed by atoms with Crippen molar-refractivity contribution in [3.8, 4) is 5.75 Å². The van der Waals surface area contributed by atoms with Gasteiger partial charge in [0.25, 0.3) is 5.91 Å². The molecule has 1 aromatic heterocycles. The van der Waals surface area contributed by atoms with Crippen molar-refractivity contribution in [3.63, 3.8) is 0 Å². The number of ether oxygens (including phenoxy) is 2. The molecule has 0 spiro atoms. The van der Waals surface area contributed by atoms with E-state index in [4.69, 9.17) is 9.26 Å². The standard InChI is InChI=1S/C25H26F5N3O6/c1-25(2,3)38-24(36)32-12-8-6-11(7-9-12)31-22(34)19-13(20(39-33-19)10-4-5-10)23(35)37-21-17(29)15(27)14(26)16(28)18(21)30/h10-12H,4-9H2,1-3H3,(H,31,34)(H,32,36). The van der Waals surface area contributed by atoms with Crippen LogP contribution in [0, 0.1) is 29.1 Å². The maximum Gasteiger partial charge on any atom is 0.407 e. The topological polar surface area (TPSA) is 120 Å². The van der Waals surface area contributed by atoms with E-state index in [1.165, 1.54) is 0 Å². The molecule has 2 saturated carbocycles. The van der Waals surface area contributed by atoms with E-state index in [9.17, 15) is 36.3 Å². The van der Waals surface area contributed by atoms with E-state index >= 15 is 0 Å². The highest BCUT2D eigenvalue weighted by Crippen LogP contribution is 2.43. The molecule has 1 aromatic carbocycles. The number of rotatable bonds is 6. The van der Waals surface area contributed by atoms with Crippen LogP contribution in [0.4, 0.5) is 26.7 Å². The number of esters is 1. The van der Waals surface area contributed by atoms with Crippen molar-refractivity contribution in [1.82, 2.24) is 15.8 Å². The van der Waals surface area contributed by atoms with Gasteiger partial charge in [-0.2, -0.15) is 8.78 Å². The molecule has 39 heavy (non-hydrogen) atoms. The van der Waals surface area contributed by atoms with Crippen LogP contribution < -0.4 is 15.4 Å². The molecule has 2 aromatic rings. The molecule has 1 heterocycles. The second kappa shape index (κ2) is 10.8. The molecule has 0 aliphatic heterocycles. The Labute approximate surface area is 219 Å². The predicted octanol–water partition coefficient (Wildman–Crippen LogP) is 5.03. The van der Waals surface area contributed by atoms with Crippen molar-refractivity contribution < 1.29 is 50.3 Å². The van der Waals surface area contributed by atoms with E-state index in [-0.39, 0.29) is 23.8 Å². The zero-order chi connectivity index (χ0) is 28.6. The van der Waals surface area contributed by atoms with E-state index < -0.39 is 69.7 Å². The summed E-state index contributed by atoms with van der Waals surface area (Å²) in [6.07, 6.45) is 2.54. The maximum absolute atomic E-state index is 14.1. The lowest BCUT2D eigenvalue weighted by atomic mass is 9.91. The number of hydrogen-bond acceptors (Lipinski definition) is 7. The summed E-state index contributed by atoms with van der Waals surface area (Å²) in [6.45, 7) is 5.22. The number of halogens is 5. The summed E-state index contributed by atoms with van der Waals surface area (Å²) in [5.74, 6) is -16.3. The third-order valence-corrected chi connectivity index (χ3v) is 6.23. The molecular weight excluding hydrogens is 533 g/mol. The number of carbonyl (C=O) groups is 3. The summed E-state index contributed by atoms with van der Waals surface area (Å²) in [5, 5.41) is 9.10. The quantitative estimate of drug-likeness (QED) is 0.167. The van der Waals surface area contributed by atoms with Crippen LogP contribution >= 0.6 is 0 Å². The highest BCUT2D eigenvalue weighted by Gasteiger charge is 2.39. The van der Waals surface area contributed by atoms with Gasteiger partial charge in [0.05, 0.1) is 0 Å². The first kappa shape index (κ1) is 28.3. The van der Waals surface area contributed by atoms with Crippen molar-refractivity contribution in [2.75, 3.05) is 0 Å². The van der Waals surface area contributed by atoms with Gasteiger partial charge in [-0.15, -0.1) is 0 Å². The fraction of sp³-hybridized carbons (Fsp3) is 0.520. The molecule has 0 unspecified atom stereocenters. The number of carbonyl (C=O) groups excluding carboxylic acids is 3. The minimum Gasteiger partial charge on any atom is -0.444 e. The maximum atomic E-state index is 14.1. The Kier molecular flexibility index (Phi) is 7.84. The van der Waals surface area contributed by atoms with E-state index in [1.807, 2.05) is 0 Å². The largest absolute Gasteiger partial charge is 0.444 e. The number of alkyl carbamates (subject to hydrolysis) is 1. The van der Waals surface area contributed by atoms with Crippen molar-refractivity contribution >= 4 is 18.0 Å². The highest BCUT2D eigenvalue weighted by molar-refractivity contribution is 6.05. The molecule has 14 heteroatoms. The Morgan fingerprint density at radius 1 is 0.821 bits per heavy atom. The average Bonchev–Trinajstić information content (AvgIpc) is 3.61. The Morgan fingerprint density at radius 2 is 1.33 bits per heavy atom. The summed E-state index contributed by atoms with van der Waals surface area (Å²) < 4.78 is 83.6. The minimum atomic E-state index is -2.41. The monoisotopic (exact) mass is 559 g/mol. The van der Waals surface area contributed by atoms with E-state index in [1.54, 1.807) is 20.8 Å². The molecule has 4 rings (SSSR count). The van der Waals surface area contributed by atoms with Crippen LogP contribution in [0.1, 0.15) is 91.8 Å². The molecule has 2 fully saturated rings. The second-order valence-electron chi connectivity index (χ2n) is 10.5. The zero-order valence-corrected chi connectivity index (χ0v) is 21.3. The summed E-state index contributed by atoms with van der Waals surface area (Å²) >= 11 is 0. The molecule has 0 radical (unpaired) electrons. The van der Waals surface area contributed by atoms with Crippen molar-refractivity contribution in [2.24, 2.45) is 0 Å². The molecule has 0 atom stereocenters. The lowest BCUT2D eigenvalue weighted by Gasteiger charge is -2.30. The molecule has 2 aliphatic carbocycles. The number of amides is 2. The third-order valence-electron chi connectivity index (χ3n) is 6.23. The van der Waals surface area contributed by atoms with Gasteiger partial charge in [0.2, 0.25) is 34.8 Å². The van der Waals surface area contributed by atoms with E-state index in [0.29, 0.717) is 38.5 Å². The fourth-order valence-electron chi connectivity index (χ4n) is 4.21. The number of aromatic nitrogens is 1. The van der Waals surface area contributed by atoms with Crippen LogP contribution in [0.5, 0.6) is 5.75 Å². The molecule has 9 nitrogen and oxygen atoms in total. The van der Waals surface area contributed by atoms with Gasteiger partial charge in [0.15, 0.2) is 11.5 Å². The Morgan fingerprint density at radius 3 is 1.85 bits per heavy atom. The van der Waals surface area contributed by atoms with Crippen LogP contribution in [-0.2, 0) is 4.74 Å². The molecule has 2 N–H and O–H groups in total. The normalized spacial score (nSPS) is 19.4. The van der Waals surface area contributed by atoms with Gasteiger partial charge < -0.3 is 24.6 Å². The first-order valence-corrected chi connectivity index (χ1v) is 12.3. The van der Waals surface area contributed by atoms with Crippen LogP contribution in [0.3, 0.4) is 0 Å². The van der Waals surface area contributed by atoms with Gasteiger partial charge in [-0.25, -0.2) is 22.8 Å². The van der Waals surface area contributed by atoms with Gasteiger partial charge in [0, 0.05) is 18.0 Å². The Hall–Kier alpha value is -3.71. The molecular formula is C25H26F5N3O6. The zero-order valence-electron chi connectivity index (χ0n) is 21.3. The molecule has 2 amide bonds. The lowest BCUT2D eigenvalue weighted by Crippen LogP contribution is -2.45. The average molecular weight is 559 g/mol. The van der Waals surface area contributed by atoms with Crippen LogP contribution in [0.2, 0.25) is 0 Å². The summed E-state index contributed by atoms with van der Waals surface area (Å²) in [5.41, 5.74) is -1.75. The summed E-state index contributed by atoms with van der Waals surface area (Å²) in [4.78, 5) is 37.9. The van der Waals surface area contributed by atoms with Crippen LogP contribution in [-0.4, -0.2) is 40.8 Å². The third kappa shape index (κ3) is 6.31. The summed E-state index contributed by atoms with van der Waals surface area (Å²) in [6, 6.07) is -0.539. The number of benzene rings is 1. The van der Waals surface area contributed by atoms with Crippen molar-refractivity contribution in [2.45, 2.75) is 82.9 Å². The van der Waals surface area contributed by atoms with E-state index in [0.717, 1.165) is 0 Å². The molecule has 0 bridgehead atoms. The molecule has 0 saturated heterocycles. The fourth-order valence-corrected chi connectivity index (χ4v) is 4.21. The van der Waals surface area contributed by atoms with Gasteiger partial charge in [-0.1, -0.05) is 5.16 Å². The number of nitrogens with zero attached hydrogens (tertiary/aromatic N) is 1. The molecule has 212 valence electrons. The Bertz CT molecular complexity index is 1270. The first-order chi connectivity index (χ1) is 18.3. The molecule has 2 aliphatic rings. The first-order valence-electron chi connectivity index (χ1n) is 12.3. The van der Waals surface area contributed by atoms with Gasteiger partial charge in [0.1, 0.15) is 11.2 Å². The number of nitrogens with one attached hydrogen (secondary N) is 2. The van der Waals surface area contributed by atoms with Crippen LogP contribution in [0.15, 0.2) is 4.52 Å². The van der Waals surface area contributed by atoms with Gasteiger partial charge in [-0.05, 0) is 59.3 Å². The second-order valence-corrected chi connectivity index (χ2v) is 10.5. The van der Waals surface area contributed by atoms with Crippen LogP contribution in [0.25, 0.3) is 0 Å². The van der Waals surface area contributed by atoms with E-state index in [2.05, 4.69) is 20.5 Å². The number of hydrogen-bond donors (Lipinski definition) is 2. The van der Waals surface area contributed by atoms with Gasteiger partial charge in [-0.3, -0.25) is 4.79 Å². The summed E-state index contributed by atoms with van der Waals surface area (Å²) in [7, 11) is 0. The highest BCUT2D eigenvalue weighted by atomic mass is 19.2. The van der Waals surface area contributed by atoms with Gasteiger partial charge >= 0.3 is 12.1 Å². The van der Waals surface area contributed by atoms with Crippen molar-refractivity contribution in [1.29, 1.82) is 0 Å². The Balaban J connectivity index is 1.46.